The molecule has 1 aliphatic heterocycles. The zero-order valence-electron chi connectivity index (χ0n) is 21.0. The van der Waals surface area contributed by atoms with E-state index in [1.165, 1.54) is 36.4 Å². The number of aromatic nitrogens is 3. The van der Waals surface area contributed by atoms with E-state index in [2.05, 4.69) is 17.2 Å². The van der Waals surface area contributed by atoms with Crippen LogP contribution in [-0.4, -0.2) is 36.1 Å². The standard InChI is InChI=1S/C27H36N4O3S/c1-4-5-6-7-8-9-10-23-18-30(29-28-23)19-24-20-31(26-16-13-22(3)17-27(26)34-24)35(32,33)25-14-11-21(2)12-15-25/h11-18,24H,4-10,19-20H2,1-3H3. The zero-order valence-corrected chi connectivity index (χ0v) is 21.8. The van der Waals surface area contributed by atoms with E-state index in [1.807, 2.05) is 50.4 Å². The molecule has 3 aromatic rings. The average molecular weight is 497 g/mol. The van der Waals surface area contributed by atoms with E-state index < -0.39 is 10.0 Å². The first-order valence-corrected chi connectivity index (χ1v) is 14.1. The lowest BCUT2D eigenvalue weighted by Crippen LogP contribution is -2.45. The Hall–Kier alpha value is -2.87. The fourth-order valence-corrected chi connectivity index (χ4v) is 5.93. The predicted molar refractivity (Wildman–Crippen MR) is 138 cm³/mol. The molecule has 1 aliphatic rings. The average Bonchev–Trinajstić information content (AvgIpc) is 3.28. The van der Waals surface area contributed by atoms with Crippen LogP contribution in [0.1, 0.15) is 62.3 Å². The fourth-order valence-electron chi connectivity index (χ4n) is 4.42. The molecule has 7 nitrogen and oxygen atoms in total. The summed E-state index contributed by atoms with van der Waals surface area (Å²) in [5.74, 6) is 0.573. The van der Waals surface area contributed by atoms with Crippen LogP contribution < -0.4 is 9.04 Å². The van der Waals surface area contributed by atoms with Gasteiger partial charge in [-0.3, -0.25) is 4.31 Å². The topological polar surface area (TPSA) is 77.3 Å². The van der Waals surface area contributed by atoms with E-state index >= 15 is 0 Å². The molecule has 0 saturated carbocycles. The van der Waals surface area contributed by atoms with Gasteiger partial charge in [0, 0.05) is 6.20 Å². The van der Waals surface area contributed by atoms with Crippen molar-refractivity contribution >= 4 is 15.7 Å². The molecule has 1 atom stereocenters. The summed E-state index contributed by atoms with van der Waals surface area (Å²) < 4.78 is 36.7. The minimum Gasteiger partial charge on any atom is -0.484 e. The monoisotopic (exact) mass is 496 g/mol. The van der Waals surface area contributed by atoms with Crippen molar-refractivity contribution < 1.29 is 13.2 Å². The van der Waals surface area contributed by atoms with Crippen molar-refractivity contribution in [3.8, 4) is 5.75 Å². The van der Waals surface area contributed by atoms with Gasteiger partial charge < -0.3 is 4.74 Å². The molecular formula is C27H36N4O3S. The lowest BCUT2D eigenvalue weighted by atomic mass is 10.1. The first-order valence-electron chi connectivity index (χ1n) is 12.6. The van der Waals surface area contributed by atoms with Crippen LogP contribution in [0.4, 0.5) is 5.69 Å². The Kier molecular flexibility index (Phi) is 8.11. The Balaban J connectivity index is 1.47. The first kappa shape index (κ1) is 25.2. The van der Waals surface area contributed by atoms with E-state index in [1.54, 1.807) is 16.8 Å². The maximum Gasteiger partial charge on any atom is 0.264 e. The second-order valence-corrected chi connectivity index (χ2v) is 11.4. The molecule has 0 fully saturated rings. The Labute approximate surface area is 209 Å². The Morgan fingerprint density at radius 3 is 2.46 bits per heavy atom. The number of sulfonamides is 1. The van der Waals surface area contributed by atoms with Gasteiger partial charge in [0.2, 0.25) is 0 Å². The largest absolute Gasteiger partial charge is 0.484 e. The number of fused-ring (bicyclic) bond motifs is 1. The molecule has 8 heteroatoms. The molecule has 1 unspecified atom stereocenters. The van der Waals surface area contributed by atoms with Gasteiger partial charge in [-0.25, -0.2) is 13.1 Å². The van der Waals surface area contributed by atoms with Crippen molar-refractivity contribution in [1.82, 2.24) is 15.0 Å². The summed E-state index contributed by atoms with van der Waals surface area (Å²) in [6, 6.07) is 12.6. The molecule has 0 saturated heterocycles. The van der Waals surface area contributed by atoms with Crippen molar-refractivity contribution in [2.75, 3.05) is 10.8 Å². The highest BCUT2D eigenvalue weighted by atomic mass is 32.2. The minimum atomic E-state index is -3.74. The van der Waals surface area contributed by atoms with E-state index in [9.17, 15) is 8.42 Å². The molecule has 35 heavy (non-hydrogen) atoms. The van der Waals surface area contributed by atoms with Gasteiger partial charge >= 0.3 is 0 Å². The molecule has 0 N–H and O–H groups in total. The van der Waals surface area contributed by atoms with Crippen molar-refractivity contribution in [2.45, 2.75) is 83.3 Å². The molecule has 0 bridgehead atoms. The third kappa shape index (κ3) is 6.23. The van der Waals surface area contributed by atoms with Crippen molar-refractivity contribution in [2.24, 2.45) is 0 Å². The van der Waals surface area contributed by atoms with Gasteiger partial charge in [-0.1, -0.05) is 68.0 Å². The SMILES string of the molecule is CCCCCCCCc1cn(CC2CN(S(=O)(=O)c3ccc(C)cc3)c3ccc(C)cc3O2)nn1. The van der Waals surface area contributed by atoms with Gasteiger partial charge in [0.05, 0.1) is 29.4 Å². The third-order valence-corrected chi connectivity index (χ3v) is 8.21. The second kappa shape index (κ2) is 11.2. The lowest BCUT2D eigenvalue weighted by Gasteiger charge is -2.35. The smallest absolute Gasteiger partial charge is 0.264 e. The summed E-state index contributed by atoms with van der Waals surface area (Å²) in [6.45, 7) is 6.77. The summed E-state index contributed by atoms with van der Waals surface area (Å²) in [7, 11) is -3.74. The van der Waals surface area contributed by atoms with Gasteiger partial charge in [-0.15, -0.1) is 5.10 Å². The molecular weight excluding hydrogens is 460 g/mol. The number of nitrogens with zero attached hydrogens (tertiary/aromatic N) is 4. The minimum absolute atomic E-state index is 0.207. The number of rotatable bonds is 11. The summed E-state index contributed by atoms with van der Waals surface area (Å²) in [4.78, 5) is 0.275. The highest BCUT2D eigenvalue weighted by molar-refractivity contribution is 7.92. The quantitative estimate of drug-likeness (QED) is 0.330. The van der Waals surface area contributed by atoms with Gasteiger partial charge in [-0.2, -0.15) is 0 Å². The van der Waals surface area contributed by atoms with E-state index in [-0.39, 0.29) is 17.5 Å². The molecule has 188 valence electrons. The summed E-state index contributed by atoms with van der Waals surface area (Å²) in [6.07, 6.45) is 9.93. The van der Waals surface area contributed by atoms with Gasteiger partial charge in [0.1, 0.15) is 11.9 Å². The van der Waals surface area contributed by atoms with Gasteiger partial charge in [-0.05, 0) is 56.5 Å². The number of aryl methyl sites for hydroxylation is 3. The van der Waals surface area contributed by atoms with Crippen molar-refractivity contribution in [3.05, 3.63) is 65.5 Å². The maximum atomic E-state index is 13.6. The second-order valence-electron chi connectivity index (χ2n) is 9.51. The van der Waals surface area contributed by atoms with Crippen LogP contribution in [0, 0.1) is 13.8 Å². The van der Waals surface area contributed by atoms with Gasteiger partial charge in [0.15, 0.2) is 0 Å². The first-order chi connectivity index (χ1) is 16.9. The van der Waals surface area contributed by atoms with Crippen LogP contribution in [0.3, 0.4) is 0 Å². The normalized spacial score (nSPS) is 15.6. The summed E-state index contributed by atoms with van der Waals surface area (Å²) in [5.41, 5.74) is 3.56. The molecule has 1 aromatic heterocycles. The van der Waals surface area contributed by atoms with E-state index in [0.29, 0.717) is 18.0 Å². The molecule has 2 heterocycles. The number of unbranched alkanes of at least 4 members (excludes halogenated alkanes) is 5. The summed E-state index contributed by atoms with van der Waals surface area (Å²) >= 11 is 0. The Morgan fingerprint density at radius 2 is 1.69 bits per heavy atom. The van der Waals surface area contributed by atoms with Crippen LogP contribution in [0.15, 0.2) is 53.6 Å². The molecule has 0 radical (unpaired) electrons. The van der Waals surface area contributed by atoms with Crippen LogP contribution >= 0.6 is 0 Å². The number of hydrogen-bond donors (Lipinski definition) is 0. The highest BCUT2D eigenvalue weighted by Gasteiger charge is 2.35. The molecule has 0 spiro atoms. The number of hydrogen-bond acceptors (Lipinski definition) is 5. The van der Waals surface area contributed by atoms with E-state index in [0.717, 1.165) is 29.7 Å². The lowest BCUT2D eigenvalue weighted by molar-refractivity contribution is 0.173. The van der Waals surface area contributed by atoms with Crippen molar-refractivity contribution in [1.29, 1.82) is 0 Å². The van der Waals surface area contributed by atoms with Crippen LogP contribution in [0.5, 0.6) is 5.75 Å². The molecule has 2 aromatic carbocycles. The number of benzene rings is 2. The van der Waals surface area contributed by atoms with Crippen LogP contribution in [0.2, 0.25) is 0 Å². The summed E-state index contributed by atoms with van der Waals surface area (Å²) in [5, 5.41) is 8.61. The molecule has 0 amide bonds. The number of anilines is 1. The Morgan fingerprint density at radius 1 is 0.971 bits per heavy atom. The molecule has 0 aliphatic carbocycles. The van der Waals surface area contributed by atoms with Gasteiger partial charge in [0.25, 0.3) is 10.0 Å². The highest BCUT2D eigenvalue weighted by Crippen LogP contribution is 2.38. The molecule has 4 rings (SSSR count). The zero-order chi connectivity index (χ0) is 24.8. The fraction of sp³-hybridized carbons (Fsp3) is 0.481. The van der Waals surface area contributed by atoms with Crippen LogP contribution in [-0.2, 0) is 23.0 Å². The van der Waals surface area contributed by atoms with Crippen LogP contribution in [0.25, 0.3) is 0 Å². The Bertz CT molecular complexity index is 1220. The van der Waals surface area contributed by atoms with Crippen molar-refractivity contribution in [3.63, 3.8) is 0 Å². The number of ether oxygens (including phenoxy) is 1. The van der Waals surface area contributed by atoms with E-state index in [4.69, 9.17) is 4.74 Å². The maximum absolute atomic E-state index is 13.6. The predicted octanol–water partition coefficient (Wildman–Crippen LogP) is 5.45. The third-order valence-electron chi connectivity index (χ3n) is 6.42.